The Bertz CT molecular complexity index is 2040. The third-order valence-electron chi connectivity index (χ3n) is 12.0. The van der Waals surface area contributed by atoms with Crippen molar-refractivity contribution in [2.45, 2.75) is 124 Å². The summed E-state index contributed by atoms with van der Waals surface area (Å²) in [6.07, 6.45) is 2.45. The van der Waals surface area contributed by atoms with E-state index >= 15 is 0 Å². The molecule has 0 aromatic heterocycles. The standard InChI is InChI=1S/C18H29N3O6S.C17H33N3O5S.C16H29N3O4S.C3H9NO2.IO4.Na/c1-4-14(22)19(3)9-10-20(15(23)5-2)11-13-28-12-8-18(26)27-21-16(24)6-7-17(21)25;1-4-16(24)19(3)7-8-20(17(25)5-2)9-11-26-10-6-15(23)18-12-14(22)13-21;1-4-15(22)18(3)8-9-19(16(23)5-2)10-13-24-12-6-14(21)17-7-11-20;4-1-3(6)2-5;2-1(3,4)5;/h4-13H2,1-3H3;14,21-22H,4-13H2,1-3H3,(H,18,23);11H,4-10,12-13H2,1-3H3,(H,17,21);3,5-6H,1-2,4H2;;/q;;;;-1;+1. The molecule has 31 nitrogen and oxygen atoms in total. The van der Waals surface area contributed by atoms with Crippen LogP contribution in [0, 0.1) is 0 Å². The van der Waals surface area contributed by atoms with E-state index in [-0.39, 0.29) is 129 Å². The van der Waals surface area contributed by atoms with Gasteiger partial charge in [0.1, 0.15) is 26.4 Å². The third kappa shape index (κ3) is 55.0. The molecule has 8 N–H and O–H groups in total. The van der Waals surface area contributed by atoms with Crippen LogP contribution in [0.25, 0.3) is 0 Å². The number of aliphatic hydroxyl groups is 4. The van der Waals surface area contributed by atoms with Gasteiger partial charge in [-0.2, -0.15) is 35.3 Å². The molecule has 2 unspecified atom stereocenters. The number of halogens is 1. The first kappa shape index (κ1) is 95.2. The summed E-state index contributed by atoms with van der Waals surface area (Å²) in [6.45, 7) is 15.2. The van der Waals surface area contributed by atoms with Crippen molar-refractivity contribution in [3.05, 3.63) is 0 Å². The summed E-state index contributed by atoms with van der Waals surface area (Å²) in [4.78, 5) is 153. The normalized spacial score (nSPS) is 12.0. The molecular formula is C54H100IN10NaO21S3. The Morgan fingerprint density at radius 2 is 0.856 bits per heavy atom. The van der Waals surface area contributed by atoms with Gasteiger partial charge in [0, 0.05) is 192 Å². The van der Waals surface area contributed by atoms with Gasteiger partial charge in [0.05, 0.1) is 38.4 Å². The molecule has 0 aliphatic carbocycles. The monoisotopic (exact) mass is 1470 g/mol. The van der Waals surface area contributed by atoms with E-state index in [9.17, 15) is 57.5 Å². The zero-order valence-corrected chi connectivity index (χ0v) is 60.8. The van der Waals surface area contributed by atoms with Crippen LogP contribution in [0.2, 0.25) is 0 Å². The van der Waals surface area contributed by atoms with Crippen LogP contribution in [0.15, 0.2) is 0 Å². The van der Waals surface area contributed by atoms with E-state index in [1.54, 1.807) is 87.9 Å². The molecule has 1 saturated heterocycles. The van der Waals surface area contributed by atoms with Crippen LogP contribution in [0.4, 0.5) is 0 Å². The Morgan fingerprint density at radius 1 is 0.544 bits per heavy atom. The maximum absolute atomic E-state index is 12.1. The Kier molecular flexibility index (Phi) is 63.9. The second-order valence-electron chi connectivity index (χ2n) is 18.9. The fraction of sp³-hybridized carbons (Fsp3) is 0.778. The molecular weight excluding hydrogens is 1370 g/mol. The van der Waals surface area contributed by atoms with Crippen molar-refractivity contribution in [1.82, 2.24) is 45.1 Å². The fourth-order valence-electron chi connectivity index (χ4n) is 6.57. The number of hydroxylamine groups is 2. The van der Waals surface area contributed by atoms with Gasteiger partial charge in [-0.15, -0.1) is 5.06 Å². The smallest absolute Gasteiger partial charge is 0.394 e. The number of thioether (sulfide) groups is 3. The van der Waals surface area contributed by atoms with Gasteiger partial charge in [-0.25, -0.2) is 4.79 Å². The molecule has 0 radical (unpaired) electrons. The van der Waals surface area contributed by atoms with Crippen LogP contribution < -0.4 is 79.8 Å². The molecule has 518 valence electrons. The zero-order chi connectivity index (χ0) is 68.9. The van der Waals surface area contributed by atoms with Crippen LogP contribution in [0.5, 0.6) is 0 Å². The van der Waals surface area contributed by atoms with Crippen molar-refractivity contribution < 1.29 is 146 Å². The molecule has 0 aromatic carbocycles. The van der Waals surface area contributed by atoms with Gasteiger partial charge in [0.15, 0.2) is 0 Å². The van der Waals surface area contributed by atoms with Crippen LogP contribution >= 0.6 is 35.3 Å². The maximum Gasteiger partial charge on any atom is 1.00 e. The average Bonchev–Trinajstić information content (AvgIpc) is 3.82. The predicted octanol–water partition coefficient (Wildman–Crippen LogP) is -11.4. The number of nitrogens with two attached hydrogens (primary N) is 1. The minimum Gasteiger partial charge on any atom is -0.394 e. The topological polar surface area (TPSA) is 460 Å². The number of aldehydes is 1. The van der Waals surface area contributed by atoms with E-state index in [1.165, 1.54) is 11.8 Å². The maximum atomic E-state index is 12.1. The second kappa shape index (κ2) is 60.4. The zero-order valence-electron chi connectivity index (χ0n) is 54.2. The Morgan fingerprint density at radius 3 is 1.13 bits per heavy atom. The van der Waals surface area contributed by atoms with Crippen molar-refractivity contribution in [3.63, 3.8) is 0 Å². The molecule has 1 aliphatic heterocycles. The number of carbonyl (C=O) groups is 12. The molecule has 1 aliphatic rings. The number of amides is 10. The van der Waals surface area contributed by atoms with Gasteiger partial charge >= 0.3 is 35.5 Å². The number of rotatable bonds is 41. The number of nitrogens with one attached hydrogen (secondary N) is 2. The number of hydrogen-bond acceptors (Lipinski definition) is 25. The summed E-state index contributed by atoms with van der Waals surface area (Å²) in [5.74, 6) is 2.15. The quantitative estimate of drug-likeness (QED) is 0.00982. The van der Waals surface area contributed by atoms with Crippen molar-refractivity contribution in [1.29, 1.82) is 0 Å². The van der Waals surface area contributed by atoms with E-state index < -0.39 is 50.1 Å². The number of aliphatic hydroxyl groups excluding tert-OH is 4. The molecule has 2 atom stereocenters. The van der Waals surface area contributed by atoms with Crippen LogP contribution in [-0.2, 0) is 62.4 Å². The summed E-state index contributed by atoms with van der Waals surface area (Å²) < 4.78 is 34.5. The van der Waals surface area contributed by atoms with Gasteiger partial charge < -0.3 is 75.8 Å². The molecule has 1 rings (SSSR count). The van der Waals surface area contributed by atoms with E-state index in [4.69, 9.17) is 44.7 Å². The summed E-state index contributed by atoms with van der Waals surface area (Å²) in [6, 6.07) is 0. The largest absolute Gasteiger partial charge is 1.00 e. The van der Waals surface area contributed by atoms with E-state index in [1.807, 2.05) is 27.7 Å². The van der Waals surface area contributed by atoms with Crippen molar-refractivity contribution in [3.8, 4) is 0 Å². The number of carbonyl (C=O) groups excluding carboxylic acids is 12. The van der Waals surface area contributed by atoms with Crippen molar-refractivity contribution >= 4 is 107 Å². The summed E-state index contributed by atoms with van der Waals surface area (Å²) in [7, 11) is 5.20. The first-order chi connectivity index (χ1) is 41.9. The molecule has 10 amide bonds. The Labute approximate surface area is 571 Å². The number of imide groups is 1. The molecule has 0 spiro atoms. The summed E-state index contributed by atoms with van der Waals surface area (Å²) in [5.41, 5.74) is 4.87. The summed E-state index contributed by atoms with van der Waals surface area (Å²) in [5, 5.41) is 39.7. The van der Waals surface area contributed by atoms with E-state index in [0.29, 0.717) is 150 Å². The van der Waals surface area contributed by atoms with Gasteiger partial charge in [-0.05, 0) is 0 Å². The Balaban J connectivity index is -0.000000368. The minimum absolute atomic E-state index is 0. The molecule has 1 heterocycles. The SMILES string of the molecule is CCC(=O)N(C)CCN(CCSCCC(=O)NCC(O)CO)C(=O)CC.CCC(=O)N(C)CCN(CCSCCC(=O)NCC=O)C(=O)CC.CCC(=O)N(C)CCN(CCSCCC(=O)ON1C(=O)CCC1=O)C(=O)CC.NCC(O)CO.[Na+].[O-][I+3]([O-])([O-])[O-]. The first-order valence-electron chi connectivity index (χ1n) is 29.1. The average molecular weight is 1470 g/mol. The molecule has 90 heavy (non-hydrogen) atoms. The van der Waals surface area contributed by atoms with Gasteiger partial charge in [0.25, 0.3) is 11.8 Å². The van der Waals surface area contributed by atoms with Gasteiger partial charge in [-0.3, -0.25) is 61.7 Å². The fourth-order valence-corrected chi connectivity index (χ4v) is 9.21. The van der Waals surface area contributed by atoms with Gasteiger partial charge in [0.2, 0.25) is 47.3 Å². The van der Waals surface area contributed by atoms with Crippen molar-refractivity contribution in [2.75, 3.05) is 147 Å². The van der Waals surface area contributed by atoms with E-state index in [2.05, 4.69) is 10.6 Å². The van der Waals surface area contributed by atoms with Crippen LogP contribution in [0.1, 0.15) is 112 Å². The minimum atomic E-state index is -5.94. The van der Waals surface area contributed by atoms with Crippen molar-refractivity contribution in [2.24, 2.45) is 5.73 Å². The summed E-state index contributed by atoms with van der Waals surface area (Å²) >= 11 is -1.29. The molecule has 36 heteroatoms. The molecule has 0 saturated carbocycles. The second-order valence-corrected chi connectivity index (χ2v) is 24.7. The van der Waals surface area contributed by atoms with Crippen LogP contribution in [-0.4, -0.2) is 286 Å². The third-order valence-corrected chi connectivity index (χ3v) is 14.9. The molecule has 1 fully saturated rings. The number of nitrogens with zero attached hydrogens (tertiary/aromatic N) is 7. The molecule has 0 aromatic rings. The van der Waals surface area contributed by atoms with E-state index in [0.717, 1.165) is 5.75 Å². The van der Waals surface area contributed by atoms with Gasteiger partial charge in [-0.1, -0.05) is 41.5 Å². The Hall–Kier alpha value is -3.54. The number of likely N-dealkylation sites (N-methyl/N-ethyl adjacent to an activating group) is 3. The first-order valence-corrected chi connectivity index (χ1v) is 36.1. The molecule has 0 bridgehead atoms. The predicted molar refractivity (Wildman–Crippen MR) is 325 cm³/mol. The number of hydrogen-bond donors (Lipinski definition) is 7. The van der Waals surface area contributed by atoms with Crippen LogP contribution in [0.3, 0.4) is 0 Å².